The largest absolute Gasteiger partial charge is 0.253 e. The summed E-state index contributed by atoms with van der Waals surface area (Å²) >= 11 is 0. The zero-order valence-electron chi connectivity index (χ0n) is 22.5. The number of nitrogens with zero attached hydrogens (tertiary/aromatic N) is 5. The van der Waals surface area contributed by atoms with E-state index in [4.69, 9.17) is 15.0 Å². The molecule has 2 heterocycles. The summed E-state index contributed by atoms with van der Waals surface area (Å²) in [5.41, 5.74) is 4.68. The Morgan fingerprint density at radius 2 is 1.50 bits per heavy atom. The Hall–Kier alpha value is -4.43. The molecule has 2 aromatic heterocycles. The van der Waals surface area contributed by atoms with Crippen molar-refractivity contribution in [2.45, 2.75) is 38.0 Å². The molecule has 3 aliphatic rings. The Labute approximate surface area is 234 Å². The molecular weight excluding hydrogens is 490 g/mol. The van der Waals surface area contributed by atoms with E-state index < -0.39 is 0 Å². The molecule has 0 radical (unpaired) electrons. The van der Waals surface area contributed by atoms with E-state index in [2.05, 4.69) is 54.4 Å². The minimum atomic E-state index is 0.191. The second-order valence-electron chi connectivity index (χ2n) is 12.2. The first-order chi connectivity index (χ1) is 19.6. The lowest BCUT2D eigenvalue weighted by Crippen LogP contribution is -2.58. The maximum Gasteiger partial charge on any atom is 0.182 e. The van der Waals surface area contributed by atoms with Gasteiger partial charge in [0.15, 0.2) is 17.5 Å². The van der Waals surface area contributed by atoms with Gasteiger partial charge in [-0.1, -0.05) is 61.5 Å². The Kier molecular flexibility index (Phi) is 5.16. The van der Waals surface area contributed by atoms with Crippen LogP contribution in [0.3, 0.4) is 0 Å². The van der Waals surface area contributed by atoms with Crippen molar-refractivity contribution in [1.29, 1.82) is 5.26 Å². The Morgan fingerprint density at radius 3 is 2.25 bits per heavy atom. The summed E-state index contributed by atoms with van der Waals surface area (Å²) in [7, 11) is 0. The highest BCUT2D eigenvalue weighted by atomic mass is 15.0. The molecule has 3 aromatic carbocycles. The van der Waals surface area contributed by atoms with Crippen molar-refractivity contribution in [3.63, 3.8) is 0 Å². The fourth-order valence-corrected chi connectivity index (χ4v) is 8.15. The molecule has 0 N–H and O–H groups in total. The lowest BCUT2D eigenvalue weighted by atomic mass is 9.39. The van der Waals surface area contributed by atoms with Gasteiger partial charge in [-0.15, -0.1) is 0 Å². The average molecular weight is 520 g/mol. The third-order valence-electron chi connectivity index (χ3n) is 9.86. The lowest BCUT2D eigenvalue weighted by Gasteiger charge is -2.65. The quantitative estimate of drug-likeness (QED) is 0.244. The molecule has 3 unspecified atom stereocenters. The molecule has 194 valence electrons. The number of nitriles is 1. The fourth-order valence-electron chi connectivity index (χ4n) is 8.15. The van der Waals surface area contributed by atoms with Crippen molar-refractivity contribution >= 4 is 10.8 Å². The standard InChI is InChI=1S/C35H29N5/c1-35(18-24-16-23-17-25(19-35)31(23)24)29-13-12-28(26-9-2-3-10-27(26)29)33-38-32(22-8-6-7-21(15-22)20-36)39-34(40-33)30-11-4-5-14-37-30/h2-15,23-25,31H,16-19H2,1H3/t23?,24-,25+,31?,35?. The van der Waals surface area contributed by atoms with Gasteiger partial charge < -0.3 is 0 Å². The van der Waals surface area contributed by atoms with Gasteiger partial charge in [-0.2, -0.15) is 5.26 Å². The molecule has 0 bridgehead atoms. The summed E-state index contributed by atoms with van der Waals surface area (Å²) in [5, 5.41) is 11.9. The molecule has 8 rings (SSSR count). The van der Waals surface area contributed by atoms with Crippen molar-refractivity contribution in [1.82, 2.24) is 19.9 Å². The summed E-state index contributed by atoms with van der Waals surface area (Å²) in [6, 6.07) is 28.7. The first-order valence-electron chi connectivity index (χ1n) is 14.3. The molecule has 5 aromatic rings. The van der Waals surface area contributed by atoms with E-state index >= 15 is 0 Å². The Bertz CT molecular complexity index is 1810. The highest BCUT2D eigenvalue weighted by molar-refractivity contribution is 5.98. The van der Waals surface area contributed by atoms with Crippen LogP contribution in [-0.4, -0.2) is 19.9 Å². The van der Waals surface area contributed by atoms with Crippen LogP contribution in [0, 0.1) is 35.0 Å². The molecular formula is C35H29N5. The first-order valence-corrected chi connectivity index (χ1v) is 14.3. The topological polar surface area (TPSA) is 75.3 Å². The van der Waals surface area contributed by atoms with E-state index in [9.17, 15) is 5.26 Å². The van der Waals surface area contributed by atoms with Gasteiger partial charge in [0.1, 0.15) is 5.69 Å². The molecule has 5 atom stereocenters. The second kappa shape index (κ2) is 8.79. The van der Waals surface area contributed by atoms with Crippen molar-refractivity contribution in [3.8, 4) is 40.4 Å². The molecule has 0 spiro atoms. The van der Waals surface area contributed by atoms with Crippen LogP contribution < -0.4 is 0 Å². The van der Waals surface area contributed by atoms with Gasteiger partial charge >= 0.3 is 0 Å². The molecule has 40 heavy (non-hydrogen) atoms. The third-order valence-corrected chi connectivity index (χ3v) is 9.86. The third kappa shape index (κ3) is 3.59. The van der Waals surface area contributed by atoms with Crippen LogP contribution in [0.4, 0.5) is 0 Å². The molecule has 3 aliphatic carbocycles. The SMILES string of the molecule is CC1(c2ccc(-c3nc(-c4cccc(C#N)c4)nc(-c4ccccn4)n3)c3ccccc23)C[C@H]2CC3C[C@@H](C1)C32. The summed E-state index contributed by atoms with van der Waals surface area (Å²) in [5.74, 6) is 5.50. The van der Waals surface area contributed by atoms with Gasteiger partial charge in [0.25, 0.3) is 0 Å². The van der Waals surface area contributed by atoms with Crippen LogP contribution in [0.15, 0.2) is 85.1 Å². The lowest BCUT2D eigenvalue weighted by molar-refractivity contribution is -0.141. The normalized spacial score (nSPS) is 26.3. The zero-order valence-corrected chi connectivity index (χ0v) is 22.5. The Morgan fingerprint density at radius 1 is 0.750 bits per heavy atom. The summed E-state index contributed by atoms with van der Waals surface area (Å²) in [4.78, 5) is 19.2. The smallest absolute Gasteiger partial charge is 0.182 e. The van der Waals surface area contributed by atoms with E-state index in [0.29, 0.717) is 28.7 Å². The number of aromatic nitrogens is 4. The predicted molar refractivity (Wildman–Crippen MR) is 156 cm³/mol. The maximum absolute atomic E-state index is 9.49. The monoisotopic (exact) mass is 519 g/mol. The molecule has 0 aliphatic heterocycles. The predicted octanol–water partition coefficient (Wildman–Crippen LogP) is 7.62. The van der Waals surface area contributed by atoms with Crippen LogP contribution in [0.1, 0.15) is 43.7 Å². The molecule has 0 amide bonds. The van der Waals surface area contributed by atoms with Crippen molar-refractivity contribution in [2.24, 2.45) is 23.7 Å². The van der Waals surface area contributed by atoms with E-state index in [0.717, 1.165) is 34.8 Å². The number of benzene rings is 3. The highest BCUT2D eigenvalue weighted by Gasteiger charge is 2.59. The molecule has 0 saturated heterocycles. The maximum atomic E-state index is 9.49. The average Bonchev–Trinajstić information content (AvgIpc) is 2.98. The summed E-state index contributed by atoms with van der Waals surface area (Å²) in [6.07, 6.45) is 7.21. The summed E-state index contributed by atoms with van der Waals surface area (Å²) < 4.78 is 0. The minimum Gasteiger partial charge on any atom is -0.253 e. The van der Waals surface area contributed by atoms with Crippen LogP contribution in [-0.2, 0) is 5.41 Å². The van der Waals surface area contributed by atoms with Gasteiger partial charge in [-0.25, -0.2) is 15.0 Å². The summed E-state index contributed by atoms with van der Waals surface area (Å²) in [6.45, 7) is 2.50. The van der Waals surface area contributed by atoms with E-state index in [1.165, 1.54) is 42.0 Å². The van der Waals surface area contributed by atoms with Gasteiger partial charge in [0, 0.05) is 17.3 Å². The number of hydrogen-bond acceptors (Lipinski definition) is 5. The molecule has 3 saturated carbocycles. The number of rotatable bonds is 4. The minimum absolute atomic E-state index is 0.191. The van der Waals surface area contributed by atoms with Crippen molar-refractivity contribution in [3.05, 3.63) is 96.2 Å². The van der Waals surface area contributed by atoms with Gasteiger partial charge in [-0.3, -0.25) is 4.98 Å². The fraction of sp³-hybridized carbons (Fsp3) is 0.286. The van der Waals surface area contributed by atoms with Gasteiger partial charge in [-0.05, 0) is 95.4 Å². The van der Waals surface area contributed by atoms with Crippen LogP contribution >= 0.6 is 0 Å². The number of hydrogen-bond donors (Lipinski definition) is 0. The van der Waals surface area contributed by atoms with E-state index in [1.807, 2.05) is 36.4 Å². The van der Waals surface area contributed by atoms with E-state index in [-0.39, 0.29) is 5.41 Å². The Balaban J connectivity index is 1.29. The van der Waals surface area contributed by atoms with Crippen LogP contribution in [0.25, 0.3) is 45.1 Å². The number of fused-ring (bicyclic) bond motifs is 1. The molecule has 5 heteroatoms. The second-order valence-corrected chi connectivity index (χ2v) is 12.2. The number of pyridine rings is 1. The van der Waals surface area contributed by atoms with Crippen LogP contribution in [0.5, 0.6) is 0 Å². The van der Waals surface area contributed by atoms with E-state index in [1.54, 1.807) is 12.3 Å². The van der Waals surface area contributed by atoms with Crippen molar-refractivity contribution < 1.29 is 0 Å². The van der Waals surface area contributed by atoms with Crippen molar-refractivity contribution in [2.75, 3.05) is 0 Å². The van der Waals surface area contributed by atoms with Gasteiger partial charge in [0.2, 0.25) is 0 Å². The van der Waals surface area contributed by atoms with Gasteiger partial charge in [0.05, 0.1) is 11.6 Å². The first kappa shape index (κ1) is 23.5. The van der Waals surface area contributed by atoms with Crippen LogP contribution in [0.2, 0.25) is 0 Å². The molecule has 3 fully saturated rings. The zero-order chi connectivity index (χ0) is 26.8. The highest BCUT2D eigenvalue weighted by Crippen LogP contribution is 2.67. The molecule has 5 nitrogen and oxygen atoms in total.